The molecule has 102 valence electrons. The largest absolute Gasteiger partial charge is 0.497 e. The molecule has 0 atom stereocenters. The maximum atomic E-state index is 11.7. The molecule has 0 aromatic heterocycles. The average Bonchev–Trinajstić information content (AvgIpc) is 2.36. The zero-order chi connectivity index (χ0) is 14.0. The number of nitrogens with zero attached hydrogens (tertiary/aromatic N) is 1. The summed E-state index contributed by atoms with van der Waals surface area (Å²) >= 11 is 0. The Bertz CT molecular complexity index is 649. The number of carbonyl (C=O) groups excluding carboxylic acids is 1. The lowest BCUT2D eigenvalue weighted by atomic mass is 10.1. The molecular formula is C11H11NO6S. The summed E-state index contributed by atoms with van der Waals surface area (Å²) in [6.07, 6.45) is 0. The molecule has 1 aromatic rings. The number of ether oxygens (including phenoxy) is 2. The van der Waals surface area contributed by atoms with Crippen LogP contribution < -0.4 is 8.92 Å². The molecule has 0 radical (unpaired) electrons. The number of benzene rings is 1. The van der Waals surface area contributed by atoms with Crippen LogP contribution in [-0.2, 0) is 19.8 Å². The summed E-state index contributed by atoms with van der Waals surface area (Å²) < 4.78 is 40.7. The normalized spacial score (nSPS) is 15.8. The number of rotatable bonds is 3. The Balaban J connectivity index is 2.55. The van der Waals surface area contributed by atoms with Gasteiger partial charge in [-0.25, -0.2) is 4.79 Å². The third-order valence-electron chi connectivity index (χ3n) is 2.31. The standard InChI is InChI=1S/C11H11NO6S/c1-3-17-11(13)10-8-5-4-7(16-2)6-9(8)18-19(14,15)12-10/h4-6H,3H2,1-2H3. The lowest BCUT2D eigenvalue weighted by Gasteiger charge is -2.16. The second-order valence-corrected chi connectivity index (χ2v) is 4.74. The van der Waals surface area contributed by atoms with Gasteiger partial charge in [-0.15, -0.1) is 4.40 Å². The quantitative estimate of drug-likeness (QED) is 0.759. The van der Waals surface area contributed by atoms with Crippen LogP contribution in [0, 0.1) is 0 Å². The minimum absolute atomic E-state index is 0.0163. The van der Waals surface area contributed by atoms with Crippen molar-refractivity contribution in [3.05, 3.63) is 23.8 Å². The van der Waals surface area contributed by atoms with Gasteiger partial charge in [-0.2, -0.15) is 8.42 Å². The minimum Gasteiger partial charge on any atom is -0.497 e. The van der Waals surface area contributed by atoms with Crippen molar-refractivity contribution in [2.24, 2.45) is 4.40 Å². The molecule has 1 heterocycles. The fourth-order valence-electron chi connectivity index (χ4n) is 1.53. The second-order valence-electron chi connectivity index (χ2n) is 3.53. The monoisotopic (exact) mass is 285 g/mol. The van der Waals surface area contributed by atoms with Gasteiger partial charge in [0.05, 0.1) is 19.3 Å². The highest BCUT2D eigenvalue weighted by Gasteiger charge is 2.30. The first-order valence-corrected chi connectivity index (χ1v) is 6.73. The van der Waals surface area contributed by atoms with Gasteiger partial charge in [0.2, 0.25) is 0 Å². The van der Waals surface area contributed by atoms with Gasteiger partial charge in [0.25, 0.3) is 0 Å². The molecule has 0 unspecified atom stereocenters. The molecule has 0 aliphatic carbocycles. The van der Waals surface area contributed by atoms with Crippen LogP contribution in [0.3, 0.4) is 0 Å². The van der Waals surface area contributed by atoms with Crippen LogP contribution in [0.15, 0.2) is 22.6 Å². The molecule has 1 aromatic carbocycles. The van der Waals surface area contributed by atoms with E-state index in [0.717, 1.165) is 0 Å². The van der Waals surface area contributed by atoms with E-state index < -0.39 is 16.3 Å². The highest BCUT2D eigenvalue weighted by atomic mass is 32.2. The molecule has 0 N–H and O–H groups in total. The van der Waals surface area contributed by atoms with Gasteiger partial charge in [-0.1, -0.05) is 0 Å². The molecule has 1 aliphatic heterocycles. The van der Waals surface area contributed by atoms with Crippen molar-refractivity contribution in [3.8, 4) is 11.5 Å². The maximum absolute atomic E-state index is 11.7. The molecule has 0 saturated heterocycles. The molecule has 2 rings (SSSR count). The van der Waals surface area contributed by atoms with E-state index in [1.807, 2.05) is 0 Å². The Morgan fingerprint density at radius 3 is 2.79 bits per heavy atom. The zero-order valence-corrected chi connectivity index (χ0v) is 11.1. The van der Waals surface area contributed by atoms with Crippen LogP contribution in [0.2, 0.25) is 0 Å². The van der Waals surface area contributed by atoms with E-state index in [1.54, 1.807) is 13.0 Å². The van der Waals surface area contributed by atoms with Crippen LogP contribution in [0.25, 0.3) is 0 Å². The zero-order valence-electron chi connectivity index (χ0n) is 10.2. The summed E-state index contributed by atoms with van der Waals surface area (Å²) in [6, 6.07) is 4.41. The lowest BCUT2D eigenvalue weighted by molar-refractivity contribution is -0.134. The summed E-state index contributed by atoms with van der Waals surface area (Å²) in [5.74, 6) is -0.433. The Kier molecular flexibility index (Phi) is 3.43. The van der Waals surface area contributed by atoms with E-state index in [9.17, 15) is 13.2 Å². The average molecular weight is 285 g/mol. The molecule has 0 spiro atoms. The third kappa shape index (κ3) is 2.68. The number of carbonyl (C=O) groups is 1. The van der Waals surface area contributed by atoms with E-state index in [-0.39, 0.29) is 23.6 Å². The van der Waals surface area contributed by atoms with Crippen LogP contribution >= 0.6 is 0 Å². The van der Waals surface area contributed by atoms with Gasteiger partial charge in [0.15, 0.2) is 11.5 Å². The highest BCUT2D eigenvalue weighted by molar-refractivity contribution is 7.86. The predicted octanol–water partition coefficient (Wildman–Crippen LogP) is 0.685. The van der Waals surface area contributed by atoms with Crippen molar-refractivity contribution < 1.29 is 26.9 Å². The number of esters is 1. The van der Waals surface area contributed by atoms with Crippen molar-refractivity contribution in [1.82, 2.24) is 0 Å². The first-order valence-electron chi connectivity index (χ1n) is 5.36. The maximum Gasteiger partial charge on any atom is 0.429 e. The first kappa shape index (κ1) is 13.3. The van der Waals surface area contributed by atoms with Gasteiger partial charge >= 0.3 is 16.3 Å². The molecule has 7 nitrogen and oxygen atoms in total. The van der Waals surface area contributed by atoms with E-state index in [4.69, 9.17) is 13.7 Å². The minimum atomic E-state index is -4.20. The smallest absolute Gasteiger partial charge is 0.429 e. The molecule has 0 fully saturated rings. The van der Waals surface area contributed by atoms with Crippen LogP contribution in [0.5, 0.6) is 11.5 Å². The number of methoxy groups -OCH3 is 1. The van der Waals surface area contributed by atoms with Crippen LogP contribution in [-0.4, -0.2) is 33.8 Å². The number of hydrogen-bond acceptors (Lipinski definition) is 6. The summed E-state index contributed by atoms with van der Waals surface area (Å²) in [5.41, 5.74) is -0.0557. The van der Waals surface area contributed by atoms with E-state index in [2.05, 4.69) is 4.40 Å². The fraction of sp³-hybridized carbons (Fsp3) is 0.273. The second kappa shape index (κ2) is 4.88. The summed E-state index contributed by atoms with van der Waals surface area (Å²) in [5, 5.41) is 0. The van der Waals surface area contributed by atoms with Gasteiger partial charge in [0, 0.05) is 6.07 Å². The predicted molar refractivity (Wildman–Crippen MR) is 65.7 cm³/mol. The number of hydrogen-bond donors (Lipinski definition) is 0. The van der Waals surface area contributed by atoms with Crippen molar-refractivity contribution >= 4 is 22.0 Å². The van der Waals surface area contributed by atoms with E-state index in [1.165, 1.54) is 19.2 Å². The van der Waals surface area contributed by atoms with Crippen molar-refractivity contribution in [3.63, 3.8) is 0 Å². The van der Waals surface area contributed by atoms with Gasteiger partial charge in [-0.05, 0) is 19.1 Å². The Morgan fingerprint density at radius 2 is 2.16 bits per heavy atom. The van der Waals surface area contributed by atoms with Crippen molar-refractivity contribution in [2.45, 2.75) is 6.92 Å². The van der Waals surface area contributed by atoms with E-state index >= 15 is 0 Å². The molecule has 1 aliphatic rings. The molecule has 19 heavy (non-hydrogen) atoms. The lowest BCUT2D eigenvalue weighted by Crippen LogP contribution is -2.26. The summed E-state index contributed by atoms with van der Waals surface area (Å²) in [6.45, 7) is 1.73. The molecule has 0 amide bonds. The molecule has 0 bridgehead atoms. The third-order valence-corrected chi connectivity index (χ3v) is 3.11. The van der Waals surface area contributed by atoms with Crippen molar-refractivity contribution in [2.75, 3.05) is 13.7 Å². The SMILES string of the molecule is CCOC(=O)C1=NS(=O)(=O)Oc2cc(OC)ccc21. The summed E-state index contributed by atoms with van der Waals surface area (Å²) in [4.78, 5) is 11.7. The topological polar surface area (TPSA) is 91.3 Å². The molecular weight excluding hydrogens is 274 g/mol. The van der Waals surface area contributed by atoms with E-state index in [0.29, 0.717) is 5.75 Å². The first-order chi connectivity index (χ1) is 8.96. The molecule has 8 heteroatoms. The fourth-order valence-corrected chi connectivity index (χ4v) is 2.33. The van der Waals surface area contributed by atoms with Gasteiger partial charge in [0.1, 0.15) is 5.75 Å². The van der Waals surface area contributed by atoms with Gasteiger partial charge < -0.3 is 13.7 Å². The van der Waals surface area contributed by atoms with Gasteiger partial charge in [-0.3, -0.25) is 0 Å². The Morgan fingerprint density at radius 1 is 1.42 bits per heavy atom. The summed E-state index contributed by atoms with van der Waals surface area (Å²) in [7, 11) is -2.77. The van der Waals surface area contributed by atoms with Crippen LogP contribution in [0.1, 0.15) is 12.5 Å². The Labute approximate surface area is 110 Å². The molecule has 0 saturated carbocycles. The van der Waals surface area contributed by atoms with Crippen LogP contribution in [0.4, 0.5) is 0 Å². The van der Waals surface area contributed by atoms with Crippen molar-refractivity contribution in [1.29, 1.82) is 0 Å². The number of fused-ring (bicyclic) bond motifs is 1. The highest BCUT2D eigenvalue weighted by Crippen LogP contribution is 2.30. The Hall–Kier alpha value is -2.09.